The fourth-order valence-corrected chi connectivity index (χ4v) is 3.39. The van der Waals surface area contributed by atoms with E-state index in [1.807, 2.05) is 36.4 Å². The van der Waals surface area contributed by atoms with E-state index in [4.69, 9.17) is 16.3 Å². The highest BCUT2D eigenvalue weighted by Gasteiger charge is 2.27. The summed E-state index contributed by atoms with van der Waals surface area (Å²) >= 11 is 5.88. The third kappa shape index (κ3) is 4.74. The van der Waals surface area contributed by atoms with Gasteiger partial charge in [0.2, 0.25) is 5.91 Å². The van der Waals surface area contributed by atoms with Crippen LogP contribution in [0.25, 0.3) is 0 Å². The molecule has 25 heavy (non-hydrogen) atoms. The van der Waals surface area contributed by atoms with Crippen molar-refractivity contribution in [1.82, 2.24) is 10.2 Å². The number of benzene rings is 2. The number of carbonyl (C=O) groups is 1. The largest absolute Gasteiger partial charge is 0.497 e. The van der Waals surface area contributed by atoms with Crippen LogP contribution in [0.2, 0.25) is 5.02 Å². The van der Waals surface area contributed by atoms with Gasteiger partial charge in [-0.15, -0.1) is 0 Å². The zero-order valence-electron chi connectivity index (χ0n) is 14.4. The van der Waals surface area contributed by atoms with E-state index < -0.39 is 0 Å². The number of hydrogen-bond donors (Lipinski definition) is 1. The second kappa shape index (κ2) is 8.37. The Labute approximate surface area is 153 Å². The average molecular weight is 359 g/mol. The molecule has 0 bridgehead atoms. The molecular formula is C20H23ClN2O2. The Morgan fingerprint density at radius 3 is 2.60 bits per heavy atom. The Morgan fingerprint density at radius 2 is 1.92 bits per heavy atom. The van der Waals surface area contributed by atoms with Crippen molar-refractivity contribution < 1.29 is 9.53 Å². The minimum absolute atomic E-state index is 0.0513. The predicted octanol–water partition coefficient (Wildman–Crippen LogP) is 3.80. The number of methoxy groups -OCH3 is 1. The second-order valence-electron chi connectivity index (χ2n) is 6.30. The van der Waals surface area contributed by atoms with Gasteiger partial charge in [-0.25, -0.2) is 0 Å². The van der Waals surface area contributed by atoms with E-state index in [1.165, 1.54) is 5.56 Å². The molecule has 1 fully saturated rings. The first-order valence-corrected chi connectivity index (χ1v) is 8.92. The maximum absolute atomic E-state index is 12.3. The topological polar surface area (TPSA) is 41.6 Å². The lowest BCUT2D eigenvalue weighted by Gasteiger charge is -2.24. The molecule has 1 heterocycles. The van der Waals surface area contributed by atoms with Crippen molar-refractivity contribution in [3.05, 3.63) is 64.7 Å². The molecule has 1 aliphatic heterocycles. The van der Waals surface area contributed by atoms with E-state index in [9.17, 15) is 4.79 Å². The Kier molecular flexibility index (Phi) is 5.95. The van der Waals surface area contributed by atoms with E-state index >= 15 is 0 Å². The van der Waals surface area contributed by atoms with E-state index in [-0.39, 0.29) is 5.91 Å². The molecule has 4 nitrogen and oxygen atoms in total. The minimum atomic E-state index is 0.0513. The molecule has 1 N–H and O–H groups in total. The molecule has 0 radical (unpaired) electrons. The molecule has 0 spiro atoms. The second-order valence-corrected chi connectivity index (χ2v) is 6.74. The molecule has 5 heteroatoms. The van der Waals surface area contributed by atoms with Crippen LogP contribution in [0.1, 0.15) is 30.0 Å². The molecule has 1 aliphatic rings. The average Bonchev–Trinajstić information content (AvgIpc) is 3.09. The van der Waals surface area contributed by atoms with Gasteiger partial charge in [0.15, 0.2) is 0 Å². The van der Waals surface area contributed by atoms with Gasteiger partial charge in [0.25, 0.3) is 0 Å². The van der Waals surface area contributed by atoms with Gasteiger partial charge in [0.05, 0.1) is 13.7 Å². The van der Waals surface area contributed by atoms with Crippen molar-refractivity contribution in [1.29, 1.82) is 0 Å². The number of rotatable bonds is 6. The summed E-state index contributed by atoms with van der Waals surface area (Å²) in [4.78, 5) is 14.6. The molecule has 1 unspecified atom stereocenters. The van der Waals surface area contributed by atoms with Crippen molar-refractivity contribution in [2.45, 2.75) is 25.4 Å². The first kappa shape index (κ1) is 17.8. The normalized spacial score (nSPS) is 17.4. The summed E-state index contributed by atoms with van der Waals surface area (Å²) in [6, 6.07) is 16.0. The van der Waals surface area contributed by atoms with Crippen molar-refractivity contribution in [2.75, 3.05) is 20.2 Å². The molecule has 2 aromatic rings. The highest BCUT2D eigenvalue weighted by Crippen LogP contribution is 2.32. The van der Waals surface area contributed by atoms with Gasteiger partial charge in [-0.2, -0.15) is 0 Å². The maximum Gasteiger partial charge on any atom is 0.234 e. The number of nitrogens with zero attached hydrogens (tertiary/aromatic N) is 1. The fourth-order valence-electron chi connectivity index (χ4n) is 3.26. The van der Waals surface area contributed by atoms with E-state index in [0.717, 1.165) is 30.7 Å². The quantitative estimate of drug-likeness (QED) is 0.853. The summed E-state index contributed by atoms with van der Waals surface area (Å²) in [5, 5.41) is 3.70. The Balaban J connectivity index is 1.55. The molecular weight excluding hydrogens is 336 g/mol. The Morgan fingerprint density at radius 1 is 1.20 bits per heavy atom. The summed E-state index contributed by atoms with van der Waals surface area (Å²) in [6.07, 6.45) is 2.19. The van der Waals surface area contributed by atoms with Gasteiger partial charge in [0.1, 0.15) is 5.75 Å². The van der Waals surface area contributed by atoms with Gasteiger partial charge >= 0.3 is 0 Å². The third-order valence-corrected chi connectivity index (χ3v) is 4.87. The molecule has 3 rings (SSSR count). The zero-order chi connectivity index (χ0) is 17.6. The molecule has 1 saturated heterocycles. The Bertz CT molecular complexity index is 701. The van der Waals surface area contributed by atoms with Crippen LogP contribution in [0.15, 0.2) is 48.5 Å². The summed E-state index contributed by atoms with van der Waals surface area (Å²) in [6.45, 7) is 1.90. The van der Waals surface area contributed by atoms with Crippen LogP contribution in [-0.2, 0) is 11.3 Å². The maximum atomic E-state index is 12.3. The standard InChI is InChI=1S/C20H23ClN2O2/c1-25-18-10-6-16(7-11-18)19-3-2-12-23(19)14-20(24)22-13-15-4-8-17(21)9-5-15/h4-11,19H,2-3,12-14H2,1H3,(H,22,24). The first-order valence-electron chi connectivity index (χ1n) is 8.55. The number of amides is 1. The molecule has 132 valence electrons. The van der Waals surface area contributed by atoms with Crippen LogP contribution in [0.4, 0.5) is 0 Å². The highest BCUT2D eigenvalue weighted by atomic mass is 35.5. The number of halogens is 1. The summed E-state index contributed by atoms with van der Waals surface area (Å²) in [5.74, 6) is 0.907. The van der Waals surface area contributed by atoms with Gasteiger partial charge in [-0.1, -0.05) is 35.9 Å². The van der Waals surface area contributed by atoms with Crippen LogP contribution < -0.4 is 10.1 Å². The fraction of sp³-hybridized carbons (Fsp3) is 0.350. The van der Waals surface area contributed by atoms with Crippen molar-refractivity contribution in [2.24, 2.45) is 0 Å². The number of nitrogens with one attached hydrogen (secondary N) is 1. The summed E-state index contributed by atoms with van der Waals surface area (Å²) in [5.41, 5.74) is 2.29. The number of ether oxygens (including phenoxy) is 1. The lowest BCUT2D eigenvalue weighted by molar-refractivity contribution is -0.122. The van der Waals surface area contributed by atoms with Crippen LogP contribution in [0.5, 0.6) is 5.75 Å². The first-order chi connectivity index (χ1) is 12.2. The van der Waals surface area contributed by atoms with Crippen LogP contribution in [0, 0.1) is 0 Å². The third-order valence-electron chi connectivity index (χ3n) is 4.61. The van der Waals surface area contributed by atoms with Crippen molar-refractivity contribution in [3.63, 3.8) is 0 Å². The minimum Gasteiger partial charge on any atom is -0.497 e. The Hall–Kier alpha value is -2.04. The molecule has 0 aliphatic carbocycles. The molecule has 0 saturated carbocycles. The van der Waals surface area contributed by atoms with Crippen molar-refractivity contribution in [3.8, 4) is 5.75 Å². The number of hydrogen-bond acceptors (Lipinski definition) is 3. The van der Waals surface area contributed by atoms with E-state index in [0.29, 0.717) is 24.2 Å². The monoisotopic (exact) mass is 358 g/mol. The summed E-state index contributed by atoms with van der Waals surface area (Å²) < 4.78 is 5.22. The zero-order valence-corrected chi connectivity index (χ0v) is 15.1. The predicted molar refractivity (Wildman–Crippen MR) is 99.8 cm³/mol. The molecule has 0 aromatic heterocycles. The summed E-state index contributed by atoms with van der Waals surface area (Å²) in [7, 11) is 1.67. The van der Waals surface area contributed by atoms with Crippen molar-refractivity contribution >= 4 is 17.5 Å². The van der Waals surface area contributed by atoms with E-state index in [1.54, 1.807) is 7.11 Å². The van der Waals surface area contributed by atoms with Gasteiger partial charge in [-0.05, 0) is 54.8 Å². The molecule has 2 aromatic carbocycles. The van der Waals surface area contributed by atoms with Gasteiger partial charge in [-0.3, -0.25) is 9.69 Å². The smallest absolute Gasteiger partial charge is 0.234 e. The van der Waals surface area contributed by atoms with E-state index in [2.05, 4.69) is 22.3 Å². The SMILES string of the molecule is COc1ccc(C2CCCN2CC(=O)NCc2ccc(Cl)cc2)cc1. The van der Waals surface area contributed by atoms with Crippen LogP contribution in [0.3, 0.4) is 0 Å². The highest BCUT2D eigenvalue weighted by molar-refractivity contribution is 6.30. The van der Waals surface area contributed by atoms with Gasteiger partial charge < -0.3 is 10.1 Å². The van der Waals surface area contributed by atoms with Crippen LogP contribution in [-0.4, -0.2) is 31.0 Å². The number of carbonyl (C=O) groups excluding carboxylic acids is 1. The lowest BCUT2D eigenvalue weighted by Crippen LogP contribution is -2.36. The number of likely N-dealkylation sites (tertiary alicyclic amines) is 1. The lowest BCUT2D eigenvalue weighted by atomic mass is 10.0. The van der Waals surface area contributed by atoms with Gasteiger partial charge in [0, 0.05) is 17.6 Å². The molecule has 1 amide bonds. The molecule has 1 atom stereocenters. The van der Waals surface area contributed by atoms with Crippen LogP contribution >= 0.6 is 11.6 Å².